The summed E-state index contributed by atoms with van der Waals surface area (Å²) in [5.41, 5.74) is 1.44. The molecule has 0 aliphatic heterocycles. The van der Waals surface area contributed by atoms with Crippen LogP contribution in [0.3, 0.4) is 0 Å². The van der Waals surface area contributed by atoms with E-state index in [2.05, 4.69) is 26.2 Å². The second-order valence-corrected chi connectivity index (χ2v) is 4.68. The molecule has 2 rings (SSSR count). The molecule has 0 radical (unpaired) electrons. The van der Waals surface area contributed by atoms with E-state index in [1.54, 1.807) is 24.5 Å². The molecule has 0 bridgehead atoms. The Labute approximate surface area is 112 Å². The highest BCUT2D eigenvalue weighted by Gasteiger charge is 2.13. The molecule has 0 unspecified atom stereocenters. The van der Waals surface area contributed by atoms with Crippen LogP contribution in [0.15, 0.2) is 41.1 Å². The normalized spacial score (nSPS) is 10.2. The van der Waals surface area contributed by atoms with E-state index in [4.69, 9.17) is 0 Å². The fraction of sp³-hybridized carbons (Fsp3) is 0.0769. The number of nitrogens with one attached hydrogen (secondary N) is 1. The maximum Gasteiger partial charge on any atom is 0.258 e. The monoisotopic (exact) mass is 308 g/mol. The Kier molecular flexibility index (Phi) is 3.72. The molecule has 0 saturated carbocycles. The lowest BCUT2D eigenvalue weighted by Gasteiger charge is -2.08. The molecule has 1 amide bonds. The van der Waals surface area contributed by atoms with Crippen molar-refractivity contribution in [2.24, 2.45) is 0 Å². The molecule has 18 heavy (non-hydrogen) atoms. The molecule has 2 aromatic rings. The molecule has 3 nitrogen and oxygen atoms in total. The van der Waals surface area contributed by atoms with E-state index in [1.807, 2.05) is 6.92 Å². The molecule has 1 heterocycles. The Bertz CT molecular complexity index is 601. The third-order valence-corrected chi connectivity index (χ3v) is 2.93. The van der Waals surface area contributed by atoms with Gasteiger partial charge in [-0.25, -0.2) is 4.39 Å². The van der Waals surface area contributed by atoms with Gasteiger partial charge in [-0.15, -0.1) is 0 Å². The fourth-order valence-electron chi connectivity index (χ4n) is 1.47. The number of carbonyl (C=O) groups is 1. The Morgan fingerprint density at radius 3 is 2.89 bits per heavy atom. The van der Waals surface area contributed by atoms with Crippen LogP contribution < -0.4 is 5.32 Å². The van der Waals surface area contributed by atoms with Crippen molar-refractivity contribution >= 4 is 27.5 Å². The minimum atomic E-state index is -0.553. The molecule has 92 valence electrons. The zero-order valence-electron chi connectivity index (χ0n) is 9.58. The zero-order chi connectivity index (χ0) is 13.1. The highest BCUT2D eigenvalue weighted by Crippen LogP contribution is 2.18. The number of amides is 1. The Morgan fingerprint density at radius 1 is 1.39 bits per heavy atom. The van der Waals surface area contributed by atoms with Crippen molar-refractivity contribution in [2.75, 3.05) is 5.32 Å². The van der Waals surface area contributed by atoms with Crippen molar-refractivity contribution in [1.29, 1.82) is 0 Å². The first-order chi connectivity index (χ1) is 8.58. The first-order valence-electron chi connectivity index (χ1n) is 5.25. The lowest BCUT2D eigenvalue weighted by atomic mass is 10.2. The summed E-state index contributed by atoms with van der Waals surface area (Å²) in [7, 11) is 0. The molecule has 1 aromatic carbocycles. The predicted octanol–water partition coefficient (Wildman–Crippen LogP) is 3.54. The van der Waals surface area contributed by atoms with Gasteiger partial charge in [0.25, 0.3) is 5.91 Å². The highest BCUT2D eigenvalue weighted by atomic mass is 79.9. The van der Waals surface area contributed by atoms with Gasteiger partial charge in [0.2, 0.25) is 0 Å². The van der Waals surface area contributed by atoms with E-state index in [0.29, 0.717) is 10.2 Å². The van der Waals surface area contributed by atoms with Gasteiger partial charge >= 0.3 is 0 Å². The summed E-state index contributed by atoms with van der Waals surface area (Å²) in [6.07, 6.45) is 3.20. The summed E-state index contributed by atoms with van der Waals surface area (Å²) in [5.74, 6) is -1.04. The number of pyridine rings is 1. The number of hydrogen-bond acceptors (Lipinski definition) is 2. The molecule has 0 fully saturated rings. The highest BCUT2D eigenvalue weighted by molar-refractivity contribution is 9.10. The van der Waals surface area contributed by atoms with Gasteiger partial charge in [0.1, 0.15) is 5.82 Å². The van der Waals surface area contributed by atoms with Gasteiger partial charge in [0.15, 0.2) is 0 Å². The van der Waals surface area contributed by atoms with Crippen molar-refractivity contribution in [3.63, 3.8) is 0 Å². The zero-order valence-corrected chi connectivity index (χ0v) is 11.2. The van der Waals surface area contributed by atoms with E-state index < -0.39 is 11.7 Å². The Morgan fingerprint density at radius 2 is 2.17 bits per heavy atom. The van der Waals surface area contributed by atoms with E-state index >= 15 is 0 Å². The number of carbonyl (C=O) groups excluding carboxylic acids is 1. The van der Waals surface area contributed by atoms with Crippen LogP contribution in [0.1, 0.15) is 15.9 Å². The van der Waals surface area contributed by atoms with Gasteiger partial charge in [0.05, 0.1) is 5.56 Å². The molecule has 0 spiro atoms. The summed E-state index contributed by atoms with van der Waals surface area (Å²) in [6, 6.07) is 5.91. The van der Waals surface area contributed by atoms with E-state index in [1.165, 1.54) is 12.1 Å². The lowest BCUT2D eigenvalue weighted by Crippen LogP contribution is -2.14. The number of anilines is 1. The van der Waals surface area contributed by atoms with Crippen LogP contribution in [0, 0.1) is 12.7 Å². The van der Waals surface area contributed by atoms with Gasteiger partial charge in [-0.2, -0.15) is 0 Å². The van der Waals surface area contributed by atoms with Crippen LogP contribution in [-0.2, 0) is 0 Å². The molecule has 1 N–H and O–H groups in total. The van der Waals surface area contributed by atoms with Crippen molar-refractivity contribution < 1.29 is 9.18 Å². The number of aromatic nitrogens is 1. The molecule has 0 atom stereocenters. The Hall–Kier alpha value is -1.75. The van der Waals surface area contributed by atoms with Crippen molar-refractivity contribution in [3.8, 4) is 0 Å². The van der Waals surface area contributed by atoms with Crippen LogP contribution in [0.5, 0.6) is 0 Å². The number of hydrogen-bond donors (Lipinski definition) is 1. The number of rotatable bonds is 2. The second kappa shape index (κ2) is 5.27. The molecular weight excluding hydrogens is 299 g/mol. The van der Waals surface area contributed by atoms with E-state index in [0.717, 1.165) is 5.56 Å². The third kappa shape index (κ3) is 2.73. The molecule has 0 saturated heterocycles. The Balaban J connectivity index is 2.28. The number of halogens is 2. The predicted molar refractivity (Wildman–Crippen MR) is 71.0 cm³/mol. The smallest absolute Gasteiger partial charge is 0.258 e. The molecular formula is C13H10BrFN2O. The summed E-state index contributed by atoms with van der Waals surface area (Å²) in [6.45, 7) is 1.82. The average molecular weight is 309 g/mol. The van der Waals surface area contributed by atoms with Gasteiger partial charge in [-0.05, 0) is 36.8 Å². The van der Waals surface area contributed by atoms with Crippen LogP contribution in [0.25, 0.3) is 0 Å². The fourth-order valence-corrected chi connectivity index (χ4v) is 1.84. The van der Waals surface area contributed by atoms with Crippen LogP contribution in [-0.4, -0.2) is 10.9 Å². The van der Waals surface area contributed by atoms with Gasteiger partial charge in [-0.1, -0.05) is 15.9 Å². The standard InChI is InChI=1S/C13H10BrFN2O/c1-8-7-16-5-4-12(8)17-13(18)10-6-9(14)2-3-11(10)15/h2-7H,1H3,(H,16,17,18). The summed E-state index contributed by atoms with van der Waals surface area (Å²) >= 11 is 3.21. The summed E-state index contributed by atoms with van der Waals surface area (Å²) in [4.78, 5) is 15.9. The summed E-state index contributed by atoms with van der Waals surface area (Å²) in [5, 5.41) is 2.65. The summed E-state index contributed by atoms with van der Waals surface area (Å²) < 4.78 is 14.2. The van der Waals surface area contributed by atoms with Gasteiger partial charge in [0, 0.05) is 22.6 Å². The van der Waals surface area contributed by atoms with Crippen molar-refractivity contribution in [2.45, 2.75) is 6.92 Å². The first kappa shape index (κ1) is 12.7. The lowest BCUT2D eigenvalue weighted by molar-refractivity contribution is 0.102. The minimum absolute atomic E-state index is 0.000544. The second-order valence-electron chi connectivity index (χ2n) is 3.77. The van der Waals surface area contributed by atoms with E-state index in [-0.39, 0.29) is 5.56 Å². The SMILES string of the molecule is Cc1cnccc1NC(=O)c1cc(Br)ccc1F. The van der Waals surface area contributed by atoms with Gasteiger partial charge in [-0.3, -0.25) is 9.78 Å². The number of aryl methyl sites for hydroxylation is 1. The van der Waals surface area contributed by atoms with E-state index in [9.17, 15) is 9.18 Å². The average Bonchev–Trinajstić information content (AvgIpc) is 2.35. The van der Waals surface area contributed by atoms with Crippen LogP contribution in [0.2, 0.25) is 0 Å². The maximum absolute atomic E-state index is 13.5. The molecule has 0 aliphatic carbocycles. The topological polar surface area (TPSA) is 42.0 Å². The minimum Gasteiger partial charge on any atom is -0.322 e. The maximum atomic E-state index is 13.5. The van der Waals surface area contributed by atoms with Gasteiger partial charge < -0.3 is 5.32 Å². The van der Waals surface area contributed by atoms with Crippen molar-refractivity contribution in [1.82, 2.24) is 4.98 Å². The van der Waals surface area contributed by atoms with Crippen LogP contribution in [0.4, 0.5) is 10.1 Å². The molecule has 1 aromatic heterocycles. The third-order valence-electron chi connectivity index (χ3n) is 2.44. The first-order valence-corrected chi connectivity index (χ1v) is 6.04. The number of benzene rings is 1. The molecule has 5 heteroatoms. The number of nitrogens with zero attached hydrogens (tertiary/aromatic N) is 1. The van der Waals surface area contributed by atoms with Crippen molar-refractivity contribution in [3.05, 3.63) is 58.1 Å². The largest absolute Gasteiger partial charge is 0.322 e. The molecule has 0 aliphatic rings. The van der Waals surface area contributed by atoms with Crippen LogP contribution >= 0.6 is 15.9 Å². The quantitative estimate of drug-likeness (QED) is 0.922.